The third-order valence-electron chi connectivity index (χ3n) is 5.84. The monoisotopic (exact) mass is 442 g/mol. The van der Waals surface area contributed by atoms with Crippen LogP contribution in [0.15, 0.2) is 6.20 Å². The van der Waals surface area contributed by atoms with E-state index in [1.54, 1.807) is 6.07 Å². The zero-order chi connectivity index (χ0) is 21.6. The first-order chi connectivity index (χ1) is 14.2. The van der Waals surface area contributed by atoms with Gasteiger partial charge in [-0.05, 0) is 25.7 Å². The fourth-order valence-corrected chi connectivity index (χ4v) is 5.13. The predicted molar refractivity (Wildman–Crippen MR) is 102 cm³/mol. The zero-order valence-corrected chi connectivity index (χ0v) is 17.0. The molecule has 0 radical (unpaired) electrons. The lowest BCUT2D eigenvalue weighted by Gasteiger charge is -2.33. The van der Waals surface area contributed by atoms with E-state index in [4.69, 9.17) is 0 Å². The molecule has 0 bridgehead atoms. The number of hydrogen-bond acceptors (Lipinski definition) is 6. The Morgan fingerprint density at radius 1 is 1.27 bits per heavy atom. The standard InChI is InChI=1S/C18H21F3N6O2S/c1-30(28,29)26-6-5-14(13(20)9-26)24-18-23-8-15-16(21)11(7-22)17(27(15)25-18)10-3-2-4-12(10)19/h8,10,12-14H,2-6,9H2,1H3,(H,24,25)/t10?,12?,13-,14-/m1/s1. The second-order valence-corrected chi connectivity index (χ2v) is 9.78. The number of hydrogen-bond donors (Lipinski definition) is 1. The largest absolute Gasteiger partial charge is 0.347 e. The molecule has 30 heavy (non-hydrogen) atoms. The molecule has 0 spiro atoms. The number of fused-ring (bicyclic) bond motifs is 1. The van der Waals surface area contributed by atoms with Crippen molar-refractivity contribution < 1.29 is 21.6 Å². The highest BCUT2D eigenvalue weighted by atomic mass is 32.2. The fourth-order valence-electron chi connectivity index (χ4n) is 4.28. The number of halogens is 3. The van der Waals surface area contributed by atoms with E-state index < -0.39 is 40.1 Å². The first kappa shape index (κ1) is 20.9. The number of piperidine rings is 1. The highest BCUT2D eigenvalue weighted by Crippen LogP contribution is 2.40. The number of sulfonamides is 1. The predicted octanol–water partition coefficient (Wildman–Crippen LogP) is 2.13. The molecule has 1 saturated heterocycles. The zero-order valence-electron chi connectivity index (χ0n) is 16.2. The number of rotatable bonds is 4. The minimum Gasteiger partial charge on any atom is -0.347 e. The van der Waals surface area contributed by atoms with E-state index in [1.807, 2.05) is 0 Å². The van der Waals surface area contributed by atoms with Crippen LogP contribution >= 0.6 is 0 Å². The summed E-state index contributed by atoms with van der Waals surface area (Å²) in [4.78, 5) is 4.01. The molecule has 1 aliphatic heterocycles. The van der Waals surface area contributed by atoms with E-state index in [1.165, 1.54) is 10.7 Å². The summed E-state index contributed by atoms with van der Waals surface area (Å²) in [6.45, 7) is -0.140. The maximum Gasteiger partial charge on any atom is 0.241 e. The SMILES string of the molecule is CS(=O)(=O)N1CC[C@@H](Nc2ncc3c(F)c(C#N)c(C4CCCC4F)n3n2)[C@H](F)C1. The van der Waals surface area contributed by atoms with Gasteiger partial charge >= 0.3 is 0 Å². The number of nitriles is 1. The Kier molecular flexibility index (Phi) is 5.36. The van der Waals surface area contributed by atoms with Crippen LogP contribution in [0.5, 0.6) is 0 Å². The molecule has 0 aromatic carbocycles. The van der Waals surface area contributed by atoms with Gasteiger partial charge in [0.2, 0.25) is 16.0 Å². The van der Waals surface area contributed by atoms with Gasteiger partial charge in [0.15, 0.2) is 5.82 Å². The molecule has 2 fully saturated rings. The molecule has 1 saturated carbocycles. The van der Waals surface area contributed by atoms with Crippen molar-refractivity contribution in [2.24, 2.45) is 0 Å². The van der Waals surface area contributed by atoms with E-state index >= 15 is 0 Å². The molecular weight excluding hydrogens is 421 g/mol. The van der Waals surface area contributed by atoms with Crippen molar-refractivity contribution in [2.75, 3.05) is 24.7 Å². The van der Waals surface area contributed by atoms with Crippen molar-refractivity contribution in [3.05, 3.63) is 23.3 Å². The maximum atomic E-state index is 14.7. The number of nitrogens with one attached hydrogen (secondary N) is 1. The van der Waals surface area contributed by atoms with Crippen molar-refractivity contribution in [1.29, 1.82) is 5.26 Å². The van der Waals surface area contributed by atoms with E-state index in [0.717, 1.165) is 10.6 Å². The molecular formula is C18H21F3N6O2S. The summed E-state index contributed by atoms with van der Waals surface area (Å²) in [5.41, 5.74) is -0.125. The maximum absolute atomic E-state index is 14.7. The minimum atomic E-state index is -3.49. The Balaban J connectivity index is 1.65. The summed E-state index contributed by atoms with van der Waals surface area (Å²) in [6, 6.07) is 1.07. The number of alkyl halides is 2. The van der Waals surface area contributed by atoms with Crippen LogP contribution in [0.2, 0.25) is 0 Å². The van der Waals surface area contributed by atoms with Crippen LogP contribution in [0, 0.1) is 17.1 Å². The lowest BCUT2D eigenvalue weighted by Crippen LogP contribution is -2.49. The normalized spacial score (nSPS) is 28.0. The molecule has 2 unspecified atom stereocenters. The van der Waals surface area contributed by atoms with Crippen molar-refractivity contribution in [1.82, 2.24) is 18.9 Å². The van der Waals surface area contributed by atoms with E-state index in [2.05, 4.69) is 15.4 Å². The average Bonchev–Trinajstić information content (AvgIpc) is 3.22. The smallest absolute Gasteiger partial charge is 0.241 e. The summed E-state index contributed by atoms with van der Waals surface area (Å²) < 4.78 is 69.1. The van der Waals surface area contributed by atoms with Crippen LogP contribution in [0.1, 0.15) is 42.9 Å². The van der Waals surface area contributed by atoms with Crippen LogP contribution in [-0.4, -0.2) is 65.1 Å². The van der Waals surface area contributed by atoms with Gasteiger partial charge in [0.05, 0.1) is 24.2 Å². The van der Waals surface area contributed by atoms with Crippen LogP contribution in [-0.2, 0) is 10.0 Å². The number of nitrogens with zero attached hydrogens (tertiary/aromatic N) is 5. The number of aromatic nitrogens is 3. The summed E-state index contributed by atoms with van der Waals surface area (Å²) in [5, 5.41) is 16.5. The van der Waals surface area contributed by atoms with Crippen molar-refractivity contribution >= 4 is 21.5 Å². The Morgan fingerprint density at radius 3 is 2.63 bits per heavy atom. The first-order valence-electron chi connectivity index (χ1n) is 9.67. The van der Waals surface area contributed by atoms with Crippen LogP contribution in [0.4, 0.5) is 19.1 Å². The third kappa shape index (κ3) is 3.60. The van der Waals surface area contributed by atoms with Gasteiger partial charge in [-0.2, -0.15) is 9.57 Å². The highest BCUT2D eigenvalue weighted by Gasteiger charge is 2.36. The quantitative estimate of drug-likeness (QED) is 0.778. The fraction of sp³-hybridized carbons (Fsp3) is 0.611. The topological polar surface area (TPSA) is 103 Å². The second-order valence-electron chi connectivity index (χ2n) is 7.79. The second kappa shape index (κ2) is 7.70. The molecule has 1 N–H and O–H groups in total. The van der Waals surface area contributed by atoms with Gasteiger partial charge in [-0.15, -0.1) is 5.10 Å². The molecule has 2 aliphatic rings. The summed E-state index contributed by atoms with van der Waals surface area (Å²) in [7, 11) is -3.49. The van der Waals surface area contributed by atoms with Gasteiger partial charge in [0, 0.05) is 19.0 Å². The molecule has 2 aromatic heterocycles. The first-order valence-corrected chi connectivity index (χ1v) is 11.5. The summed E-state index contributed by atoms with van der Waals surface area (Å²) in [5.74, 6) is -1.45. The van der Waals surface area contributed by atoms with Gasteiger partial charge in [0.1, 0.15) is 29.5 Å². The van der Waals surface area contributed by atoms with Crippen LogP contribution < -0.4 is 5.32 Å². The van der Waals surface area contributed by atoms with E-state index in [0.29, 0.717) is 19.3 Å². The molecule has 1 aliphatic carbocycles. The number of anilines is 1. The van der Waals surface area contributed by atoms with Crippen molar-refractivity contribution in [3.8, 4) is 6.07 Å². The van der Waals surface area contributed by atoms with Gasteiger partial charge in [-0.1, -0.05) is 0 Å². The van der Waals surface area contributed by atoms with Gasteiger partial charge in [-0.3, -0.25) is 0 Å². The lowest BCUT2D eigenvalue weighted by atomic mass is 9.99. The molecule has 4 atom stereocenters. The molecule has 12 heteroatoms. The van der Waals surface area contributed by atoms with Crippen LogP contribution in [0.3, 0.4) is 0 Å². The Morgan fingerprint density at radius 2 is 2.03 bits per heavy atom. The van der Waals surface area contributed by atoms with Crippen molar-refractivity contribution in [2.45, 2.75) is 50.0 Å². The van der Waals surface area contributed by atoms with Gasteiger partial charge < -0.3 is 5.32 Å². The van der Waals surface area contributed by atoms with E-state index in [-0.39, 0.29) is 42.2 Å². The van der Waals surface area contributed by atoms with Crippen molar-refractivity contribution in [3.63, 3.8) is 0 Å². The molecule has 8 nitrogen and oxygen atoms in total. The Bertz CT molecular complexity index is 1120. The molecule has 0 amide bonds. The molecule has 162 valence electrons. The molecule has 2 aromatic rings. The summed E-state index contributed by atoms with van der Waals surface area (Å²) >= 11 is 0. The van der Waals surface area contributed by atoms with Crippen LogP contribution in [0.25, 0.3) is 5.52 Å². The van der Waals surface area contributed by atoms with Gasteiger partial charge in [0.25, 0.3) is 0 Å². The lowest BCUT2D eigenvalue weighted by molar-refractivity contribution is 0.186. The third-order valence-corrected chi connectivity index (χ3v) is 7.11. The highest BCUT2D eigenvalue weighted by molar-refractivity contribution is 7.88. The molecule has 4 rings (SSSR count). The average molecular weight is 442 g/mol. The minimum absolute atomic E-state index is 0.00268. The molecule has 3 heterocycles. The summed E-state index contributed by atoms with van der Waals surface area (Å²) in [6.07, 6.45) is 1.15. The Labute approximate surface area is 171 Å². The Hall–Kier alpha value is -2.39. The van der Waals surface area contributed by atoms with E-state index in [9.17, 15) is 26.9 Å². The van der Waals surface area contributed by atoms with Gasteiger partial charge in [-0.25, -0.2) is 31.1 Å².